The molecular weight excluding hydrogens is 148 g/mol. The van der Waals surface area contributed by atoms with Crippen molar-refractivity contribution in [2.24, 2.45) is 0 Å². The summed E-state index contributed by atoms with van der Waals surface area (Å²) < 4.78 is 0. The van der Waals surface area contributed by atoms with E-state index in [2.05, 4.69) is 29.7 Å². The van der Waals surface area contributed by atoms with Crippen LogP contribution in [0, 0.1) is 0 Å². The number of allylic oxidation sites excluding steroid dienone is 1. The van der Waals surface area contributed by atoms with Gasteiger partial charge in [-0.3, -0.25) is 0 Å². The molecule has 0 amide bonds. The molecule has 1 radical (unpaired) electrons. The fourth-order valence-electron chi connectivity index (χ4n) is 1.36. The van der Waals surface area contributed by atoms with Crippen LogP contribution in [-0.2, 0) is 0 Å². The predicted molar refractivity (Wildman–Crippen MR) is 52.3 cm³/mol. The summed E-state index contributed by atoms with van der Waals surface area (Å²) in [6, 6.07) is 0.534. The Balaban J connectivity index is 2.04. The molecule has 0 spiro atoms. The molecule has 1 aliphatic rings. The minimum absolute atomic E-state index is 0.534. The molecule has 1 heterocycles. The number of hydrogen-bond acceptors (Lipinski definition) is 1. The van der Waals surface area contributed by atoms with E-state index in [-0.39, 0.29) is 0 Å². The molecule has 1 aliphatic heterocycles. The highest BCUT2D eigenvalue weighted by Crippen LogP contribution is 1.98. The van der Waals surface area contributed by atoms with Gasteiger partial charge in [-0.25, -0.2) is 5.32 Å². The van der Waals surface area contributed by atoms with E-state index in [0.29, 0.717) is 6.04 Å². The number of nitrogens with one attached hydrogen (secondary N) is 1. The molecule has 0 aromatic rings. The first-order valence-electron chi connectivity index (χ1n) is 4.95. The van der Waals surface area contributed by atoms with Gasteiger partial charge in [-0.1, -0.05) is 25.5 Å². The van der Waals surface area contributed by atoms with E-state index in [1.165, 1.54) is 12.8 Å². The molecule has 1 rings (SSSR count). The van der Waals surface area contributed by atoms with Gasteiger partial charge < -0.3 is 5.32 Å². The van der Waals surface area contributed by atoms with E-state index in [9.17, 15) is 0 Å². The summed E-state index contributed by atoms with van der Waals surface area (Å²) in [5.74, 6) is 0. The summed E-state index contributed by atoms with van der Waals surface area (Å²) >= 11 is 0. The average Bonchev–Trinajstić information content (AvgIpc) is 2.14. The van der Waals surface area contributed by atoms with E-state index < -0.39 is 0 Å². The Kier molecular flexibility index (Phi) is 5.04. The molecule has 1 unspecified atom stereocenters. The van der Waals surface area contributed by atoms with E-state index in [0.717, 1.165) is 26.1 Å². The maximum Gasteiger partial charge on any atom is 0.0405 e. The van der Waals surface area contributed by atoms with Gasteiger partial charge in [0, 0.05) is 25.7 Å². The summed E-state index contributed by atoms with van der Waals surface area (Å²) in [5, 5.41) is 7.86. The normalized spacial score (nSPS) is 24.9. The second kappa shape index (κ2) is 6.21. The van der Waals surface area contributed by atoms with Gasteiger partial charge in [0.1, 0.15) is 0 Å². The van der Waals surface area contributed by atoms with Crippen LogP contribution >= 0.6 is 0 Å². The van der Waals surface area contributed by atoms with Crippen molar-refractivity contribution < 1.29 is 0 Å². The van der Waals surface area contributed by atoms with Crippen LogP contribution < -0.4 is 10.6 Å². The second-order valence-electron chi connectivity index (χ2n) is 3.26. The number of hydrogen-bond donors (Lipinski definition) is 1. The van der Waals surface area contributed by atoms with Crippen molar-refractivity contribution in [1.29, 1.82) is 0 Å². The van der Waals surface area contributed by atoms with E-state index >= 15 is 0 Å². The van der Waals surface area contributed by atoms with Crippen LogP contribution in [0.25, 0.3) is 0 Å². The first kappa shape index (κ1) is 9.75. The van der Waals surface area contributed by atoms with E-state index in [1.807, 2.05) is 0 Å². The van der Waals surface area contributed by atoms with Crippen LogP contribution in [0.1, 0.15) is 26.2 Å². The van der Waals surface area contributed by atoms with Gasteiger partial charge in [-0.05, 0) is 12.8 Å². The first-order chi connectivity index (χ1) is 5.93. The molecule has 2 heteroatoms. The molecule has 69 valence electrons. The minimum atomic E-state index is 0.534. The Morgan fingerprint density at radius 2 is 2.42 bits per heavy atom. The topological polar surface area (TPSA) is 26.1 Å². The Labute approximate surface area is 75.4 Å². The summed E-state index contributed by atoms with van der Waals surface area (Å²) in [6.45, 7) is 5.33. The maximum atomic E-state index is 4.51. The smallest absolute Gasteiger partial charge is 0.0405 e. The van der Waals surface area contributed by atoms with Crippen molar-refractivity contribution in [3.8, 4) is 0 Å². The lowest BCUT2D eigenvalue weighted by Gasteiger charge is -2.21. The van der Waals surface area contributed by atoms with E-state index in [4.69, 9.17) is 0 Å². The Hall–Kier alpha value is -0.340. The molecular formula is C10H19N2. The Bertz CT molecular complexity index is 126. The van der Waals surface area contributed by atoms with Gasteiger partial charge in [-0.2, -0.15) is 0 Å². The summed E-state index contributed by atoms with van der Waals surface area (Å²) in [5.41, 5.74) is 0. The summed E-state index contributed by atoms with van der Waals surface area (Å²) in [7, 11) is 0. The standard InChI is InChI=1S/C10H19N2/c1-2-3-4-5-6-10-9-11-7-8-12-10/h4-5,10-11H,2-3,6-9H2,1H3. The second-order valence-corrected chi connectivity index (χ2v) is 3.26. The average molecular weight is 167 g/mol. The predicted octanol–water partition coefficient (Wildman–Crippen LogP) is 1.31. The molecule has 12 heavy (non-hydrogen) atoms. The van der Waals surface area contributed by atoms with E-state index in [1.54, 1.807) is 0 Å². The number of nitrogens with zero attached hydrogens (tertiary/aromatic N) is 1. The highest BCUT2D eigenvalue weighted by atomic mass is 15.0. The fraction of sp³-hybridized carbons (Fsp3) is 0.800. The third-order valence-electron chi connectivity index (χ3n) is 2.09. The monoisotopic (exact) mass is 167 g/mol. The molecule has 2 nitrogen and oxygen atoms in total. The molecule has 0 aromatic heterocycles. The van der Waals surface area contributed by atoms with Crippen molar-refractivity contribution >= 4 is 0 Å². The Morgan fingerprint density at radius 1 is 1.50 bits per heavy atom. The van der Waals surface area contributed by atoms with Crippen LogP contribution in [0.4, 0.5) is 0 Å². The summed E-state index contributed by atoms with van der Waals surface area (Å²) in [6.07, 6.45) is 8.11. The molecule has 0 aromatic carbocycles. The molecule has 1 atom stereocenters. The lowest BCUT2D eigenvalue weighted by molar-refractivity contribution is 0.412. The van der Waals surface area contributed by atoms with Crippen LogP contribution in [0.15, 0.2) is 12.2 Å². The maximum absolute atomic E-state index is 4.51. The lowest BCUT2D eigenvalue weighted by atomic mass is 10.1. The molecule has 0 saturated carbocycles. The highest BCUT2D eigenvalue weighted by molar-refractivity contribution is 4.88. The lowest BCUT2D eigenvalue weighted by Crippen LogP contribution is -2.43. The SMILES string of the molecule is CCCC=CCC1CNCC[N]1. The third-order valence-corrected chi connectivity index (χ3v) is 2.09. The van der Waals surface area contributed by atoms with Crippen LogP contribution in [-0.4, -0.2) is 25.7 Å². The molecule has 0 bridgehead atoms. The van der Waals surface area contributed by atoms with Gasteiger partial charge in [0.25, 0.3) is 0 Å². The summed E-state index contributed by atoms with van der Waals surface area (Å²) in [4.78, 5) is 0. The van der Waals surface area contributed by atoms with Crippen LogP contribution in [0.5, 0.6) is 0 Å². The highest BCUT2D eigenvalue weighted by Gasteiger charge is 2.10. The van der Waals surface area contributed by atoms with Gasteiger partial charge in [-0.15, -0.1) is 0 Å². The minimum Gasteiger partial charge on any atom is -0.314 e. The number of unbranched alkanes of at least 4 members (excludes halogenated alkanes) is 1. The van der Waals surface area contributed by atoms with Gasteiger partial charge >= 0.3 is 0 Å². The molecule has 0 aliphatic carbocycles. The number of rotatable bonds is 4. The van der Waals surface area contributed by atoms with Crippen molar-refractivity contribution in [3.05, 3.63) is 12.2 Å². The molecule has 1 fully saturated rings. The van der Waals surface area contributed by atoms with Crippen molar-refractivity contribution in [2.75, 3.05) is 19.6 Å². The van der Waals surface area contributed by atoms with Gasteiger partial charge in [0.2, 0.25) is 0 Å². The number of piperazine rings is 1. The molecule has 1 N–H and O–H groups in total. The zero-order valence-electron chi connectivity index (χ0n) is 7.92. The third kappa shape index (κ3) is 3.88. The zero-order chi connectivity index (χ0) is 8.65. The fourth-order valence-corrected chi connectivity index (χ4v) is 1.36. The van der Waals surface area contributed by atoms with Crippen LogP contribution in [0.3, 0.4) is 0 Å². The first-order valence-corrected chi connectivity index (χ1v) is 4.95. The van der Waals surface area contributed by atoms with Crippen molar-refractivity contribution in [3.63, 3.8) is 0 Å². The van der Waals surface area contributed by atoms with Crippen molar-refractivity contribution in [2.45, 2.75) is 32.2 Å². The van der Waals surface area contributed by atoms with Crippen molar-refractivity contribution in [1.82, 2.24) is 10.6 Å². The van der Waals surface area contributed by atoms with Gasteiger partial charge in [0.15, 0.2) is 0 Å². The molecule has 1 saturated heterocycles. The van der Waals surface area contributed by atoms with Crippen LogP contribution in [0.2, 0.25) is 0 Å². The van der Waals surface area contributed by atoms with Gasteiger partial charge in [0.05, 0.1) is 0 Å². The zero-order valence-corrected chi connectivity index (χ0v) is 7.92. The largest absolute Gasteiger partial charge is 0.314 e. The Morgan fingerprint density at radius 3 is 3.08 bits per heavy atom. The quantitative estimate of drug-likeness (QED) is 0.628.